The molecule has 0 saturated heterocycles. The molecular weight excluding hydrogens is 465 g/mol. The van der Waals surface area contributed by atoms with Gasteiger partial charge in [0.1, 0.15) is 28.7 Å². The molecule has 4 rings (SSSR count). The van der Waals surface area contributed by atoms with Gasteiger partial charge in [0.2, 0.25) is 0 Å². The van der Waals surface area contributed by atoms with Crippen LogP contribution in [-0.4, -0.2) is 59.0 Å². The van der Waals surface area contributed by atoms with Crippen LogP contribution in [0.2, 0.25) is 0 Å². The van der Waals surface area contributed by atoms with Crippen molar-refractivity contribution in [2.75, 3.05) is 26.0 Å². The summed E-state index contributed by atoms with van der Waals surface area (Å²) in [4.78, 5) is 30.7. The number of hydrogen-bond acceptors (Lipinski definition) is 6. The van der Waals surface area contributed by atoms with Crippen molar-refractivity contribution >= 4 is 23.8 Å². The van der Waals surface area contributed by atoms with Crippen molar-refractivity contribution in [1.29, 1.82) is 0 Å². The summed E-state index contributed by atoms with van der Waals surface area (Å²) in [6, 6.07) is 8.99. The molecule has 2 amide bonds. The number of nitrogens with one attached hydrogen (secondary N) is 1. The Morgan fingerprint density at radius 3 is 2.75 bits per heavy atom. The molecule has 0 aliphatic carbocycles. The topological polar surface area (TPSA) is 98.1 Å². The van der Waals surface area contributed by atoms with E-state index in [1.54, 1.807) is 56.4 Å². The van der Waals surface area contributed by atoms with Gasteiger partial charge in [0.15, 0.2) is 5.82 Å². The molecule has 0 radical (unpaired) electrons. The number of benzene rings is 2. The SMILES string of the molecule is CN=CCN(C)C(=O)c1ccc(Oc2cc(C(=O)Nc3ccn(C)n3)cc3c2CC(C)(C)O3)cc1F. The number of aliphatic imine (C=N–C) groups is 1. The minimum absolute atomic E-state index is 0.0764. The van der Waals surface area contributed by atoms with Crippen LogP contribution in [0.4, 0.5) is 10.2 Å². The number of amides is 2. The number of ether oxygens (including phenoxy) is 2. The zero-order chi connectivity index (χ0) is 26.0. The zero-order valence-electron chi connectivity index (χ0n) is 20.8. The fourth-order valence-electron chi connectivity index (χ4n) is 3.89. The minimum atomic E-state index is -0.713. The molecule has 1 aromatic heterocycles. The van der Waals surface area contributed by atoms with Crippen molar-refractivity contribution in [2.45, 2.75) is 25.9 Å². The standard InChI is InChI=1S/C26H28FN5O4/c1-26(2)15-19-21(12-16(13-22(19)36-26)24(33)29-23-8-10-32(5)30-23)35-17-6-7-18(20(27)14-17)25(34)31(4)11-9-28-3/h6-10,12-14H,11,15H2,1-5H3,(H,29,30,33). The van der Waals surface area contributed by atoms with Crippen molar-refractivity contribution < 1.29 is 23.5 Å². The van der Waals surface area contributed by atoms with Gasteiger partial charge in [-0.05, 0) is 38.1 Å². The predicted molar refractivity (Wildman–Crippen MR) is 134 cm³/mol. The Labute approximate surface area is 208 Å². The number of fused-ring (bicyclic) bond motifs is 1. The summed E-state index contributed by atoms with van der Waals surface area (Å²) in [5, 5.41) is 6.91. The van der Waals surface area contributed by atoms with Gasteiger partial charge in [0.25, 0.3) is 11.8 Å². The number of halogens is 1. The first-order chi connectivity index (χ1) is 17.1. The van der Waals surface area contributed by atoms with Gasteiger partial charge in [-0.1, -0.05) is 0 Å². The van der Waals surface area contributed by atoms with E-state index in [1.807, 2.05) is 13.8 Å². The smallest absolute Gasteiger partial charge is 0.257 e. The maximum Gasteiger partial charge on any atom is 0.257 e. The number of anilines is 1. The van der Waals surface area contributed by atoms with Crippen LogP contribution in [0, 0.1) is 5.82 Å². The van der Waals surface area contributed by atoms with E-state index in [0.717, 1.165) is 11.6 Å². The van der Waals surface area contributed by atoms with Gasteiger partial charge in [-0.25, -0.2) is 4.39 Å². The lowest BCUT2D eigenvalue weighted by molar-refractivity contribution is 0.0811. The van der Waals surface area contributed by atoms with E-state index in [2.05, 4.69) is 15.4 Å². The molecule has 1 aliphatic heterocycles. The average molecular weight is 494 g/mol. The third-order valence-electron chi connectivity index (χ3n) is 5.66. The van der Waals surface area contributed by atoms with E-state index < -0.39 is 17.3 Å². The van der Waals surface area contributed by atoms with Gasteiger partial charge in [-0.3, -0.25) is 19.3 Å². The van der Waals surface area contributed by atoms with E-state index in [4.69, 9.17) is 9.47 Å². The second-order valence-corrected chi connectivity index (χ2v) is 9.19. The summed E-state index contributed by atoms with van der Waals surface area (Å²) in [7, 11) is 4.92. The van der Waals surface area contributed by atoms with Crippen LogP contribution >= 0.6 is 0 Å². The molecule has 0 spiro atoms. The maximum absolute atomic E-state index is 14.9. The third-order valence-corrected chi connectivity index (χ3v) is 5.66. The molecule has 0 saturated carbocycles. The highest BCUT2D eigenvalue weighted by Crippen LogP contribution is 2.43. The Morgan fingerprint density at radius 1 is 1.31 bits per heavy atom. The van der Waals surface area contributed by atoms with E-state index in [9.17, 15) is 14.0 Å². The monoisotopic (exact) mass is 493 g/mol. The number of aromatic nitrogens is 2. The lowest BCUT2D eigenvalue weighted by atomic mass is 9.99. The number of nitrogens with zero attached hydrogens (tertiary/aromatic N) is 4. The van der Waals surface area contributed by atoms with E-state index in [1.165, 1.54) is 17.0 Å². The Balaban J connectivity index is 1.62. The predicted octanol–water partition coefficient (Wildman–Crippen LogP) is 4.09. The minimum Gasteiger partial charge on any atom is -0.487 e. The molecule has 1 aliphatic rings. The quantitative estimate of drug-likeness (QED) is 0.500. The van der Waals surface area contributed by atoms with Crippen LogP contribution in [0.25, 0.3) is 0 Å². The molecule has 0 fully saturated rings. The number of rotatable bonds is 7. The molecule has 2 aromatic carbocycles. The van der Waals surface area contributed by atoms with Gasteiger partial charge >= 0.3 is 0 Å². The summed E-state index contributed by atoms with van der Waals surface area (Å²) in [5.41, 5.74) is 0.504. The largest absolute Gasteiger partial charge is 0.487 e. The third kappa shape index (κ3) is 5.37. The molecule has 188 valence electrons. The van der Waals surface area contributed by atoms with Crippen LogP contribution in [0.3, 0.4) is 0 Å². The van der Waals surface area contributed by atoms with Gasteiger partial charge in [0, 0.05) is 63.2 Å². The van der Waals surface area contributed by atoms with Crippen LogP contribution < -0.4 is 14.8 Å². The molecule has 0 atom stereocenters. The van der Waals surface area contributed by atoms with Gasteiger partial charge in [-0.2, -0.15) is 5.10 Å². The van der Waals surface area contributed by atoms with Crippen molar-refractivity contribution in [2.24, 2.45) is 12.0 Å². The first kappa shape index (κ1) is 24.9. The molecule has 9 nitrogen and oxygen atoms in total. The number of carbonyl (C=O) groups excluding carboxylic acids is 2. The zero-order valence-corrected chi connectivity index (χ0v) is 20.8. The molecule has 0 bridgehead atoms. The van der Waals surface area contributed by atoms with Gasteiger partial charge < -0.3 is 19.7 Å². The summed E-state index contributed by atoms with van der Waals surface area (Å²) < 4.78 is 28.5. The van der Waals surface area contributed by atoms with Crippen LogP contribution in [0.5, 0.6) is 17.2 Å². The molecular formula is C26H28FN5O4. The number of hydrogen-bond donors (Lipinski definition) is 1. The Morgan fingerprint density at radius 2 is 2.08 bits per heavy atom. The van der Waals surface area contributed by atoms with E-state index in [0.29, 0.717) is 29.3 Å². The van der Waals surface area contributed by atoms with Crippen LogP contribution in [0.15, 0.2) is 47.6 Å². The summed E-state index contributed by atoms with van der Waals surface area (Å²) in [5.74, 6) is -0.0759. The Kier molecular flexibility index (Phi) is 6.78. The highest BCUT2D eigenvalue weighted by atomic mass is 19.1. The lowest BCUT2D eigenvalue weighted by Gasteiger charge is -2.16. The Bertz CT molecular complexity index is 1350. The summed E-state index contributed by atoms with van der Waals surface area (Å²) in [6.07, 6.45) is 3.83. The van der Waals surface area contributed by atoms with Gasteiger partial charge in [0.05, 0.1) is 12.1 Å². The van der Waals surface area contributed by atoms with E-state index >= 15 is 0 Å². The molecule has 1 N–H and O–H groups in total. The average Bonchev–Trinajstić information content (AvgIpc) is 3.37. The van der Waals surface area contributed by atoms with Crippen LogP contribution in [-0.2, 0) is 13.5 Å². The molecule has 0 unspecified atom stereocenters. The lowest BCUT2D eigenvalue weighted by Crippen LogP contribution is -2.29. The second kappa shape index (κ2) is 9.80. The first-order valence-corrected chi connectivity index (χ1v) is 11.4. The maximum atomic E-state index is 14.9. The van der Waals surface area contributed by atoms with Gasteiger partial charge in [-0.15, -0.1) is 0 Å². The number of carbonyl (C=O) groups is 2. The molecule has 2 heterocycles. The summed E-state index contributed by atoms with van der Waals surface area (Å²) in [6.45, 7) is 4.14. The van der Waals surface area contributed by atoms with Crippen molar-refractivity contribution in [1.82, 2.24) is 14.7 Å². The molecule has 3 aromatic rings. The molecule has 36 heavy (non-hydrogen) atoms. The van der Waals surface area contributed by atoms with Crippen molar-refractivity contribution in [3.63, 3.8) is 0 Å². The number of aryl methyl sites for hydroxylation is 1. The summed E-state index contributed by atoms with van der Waals surface area (Å²) >= 11 is 0. The molecule has 10 heteroatoms. The van der Waals surface area contributed by atoms with Crippen LogP contribution in [0.1, 0.15) is 40.1 Å². The van der Waals surface area contributed by atoms with E-state index in [-0.39, 0.29) is 23.8 Å². The van der Waals surface area contributed by atoms with Crippen molar-refractivity contribution in [3.8, 4) is 17.2 Å². The normalized spacial score (nSPS) is 13.8. The highest BCUT2D eigenvalue weighted by molar-refractivity contribution is 6.04. The first-order valence-electron chi connectivity index (χ1n) is 11.4. The highest BCUT2D eigenvalue weighted by Gasteiger charge is 2.34. The second-order valence-electron chi connectivity index (χ2n) is 9.19. The fourth-order valence-corrected chi connectivity index (χ4v) is 3.89. The van der Waals surface area contributed by atoms with Crippen molar-refractivity contribution in [3.05, 3.63) is 65.1 Å². The fraction of sp³-hybridized carbons (Fsp3) is 0.308. The Hall–Kier alpha value is -4.21.